The maximum Gasteiger partial charge on any atom is 0.137 e. The number of hydrogen-bond acceptors (Lipinski definition) is 4. The second-order valence-corrected chi connectivity index (χ2v) is 6.60. The van der Waals surface area contributed by atoms with Crippen molar-refractivity contribution in [1.29, 1.82) is 0 Å². The number of benzene rings is 1. The quantitative estimate of drug-likeness (QED) is 0.901. The average Bonchev–Trinajstić information content (AvgIpc) is 2.35. The Morgan fingerprint density at radius 3 is 2.30 bits per heavy atom. The molecule has 0 aliphatic rings. The highest BCUT2D eigenvalue weighted by Crippen LogP contribution is 2.31. The zero-order chi connectivity index (χ0) is 15.3. The van der Waals surface area contributed by atoms with Crippen LogP contribution in [0.1, 0.15) is 32.4 Å². The molecule has 4 nitrogen and oxygen atoms in total. The third-order valence-corrected chi connectivity index (χ3v) is 3.72. The molecule has 0 unspecified atom stereocenters. The van der Waals surface area contributed by atoms with Gasteiger partial charge in [-0.2, -0.15) is 11.8 Å². The monoisotopic (exact) mass is 296 g/mol. The van der Waals surface area contributed by atoms with Gasteiger partial charge in [0.2, 0.25) is 0 Å². The van der Waals surface area contributed by atoms with Crippen LogP contribution in [-0.4, -0.2) is 39.8 Å². The van der Waals surface area contributed by atoms with Crippen LogP contribution in [0.5, 0.6) is 0 Å². The summed E-state index contributed by atoms with van der Waals surface area (Å²) >= 11 is 1.48. The van der Waals surface area contributed by atoms with Crippen LogP contribution in [0, 0.1) is 0 Å². The van der Waals surface area contributed by atoms with Gasteiger partial charge in [0, 0.05) is 11.3 Å². The van der Waals surface area contributed by atoms with E-state index in [2.05, 4.69) is 0 Å². The number of carboxylic acid groups (broad SMARTS) is 1. The molecule has 20 heavy (non-hydrogen) atoms. The molecule has 1 rings (SSSR count). The number of aliphatic hydroxyl groups excluding tert-OH is 1. The normalized spacial score (nSPS) is 14.7. The van der Waals surface area contributed by atoms with E-state index in [0.717, 1.165) is 5.56 Å². The molecule has 0 aromatic heterocycles. The molecule has 0 saturated carbocycles. The van der Waals surface area contributed by atoms with Crippen LogP contribution >= 0.6 is 11.8 Å². The summed E-state index contributed by atoms with van der Waals surface area (Å²) in [5, 5.41) is 22.0. The Balaban J connectivity index is 3.25. The lowest BCUT2D eigenvalue weighted by Crippen LogP contribution is -2.56. The number of rotatable bonds is 5. The van der Waals surface area contributed by atoms with Crippen LogP contribution in [0.25, 0.3) is 0 Å². The Kier molecular flexibility index (Phi) is 5.89. The summed E-state index contributed by atoms with van der Waals surface area (Å²) in [5.74, 6) is 0.458. The van der Waals surface area contributed by atoms with E-state index in [-0.39, 0.29) is 0 Å². The SMILES string of the molecule is CSC[C@@H](O)[C@H](c1ccccc1)N(C(=O)[O-])C(C)(C)C. The molecule has 0 aliphatic heterocycles. The van der Waals surface area contributed by atoms with Crippen LogP contribution in [0.15, 0.2) is 30.3 Å². The molecular formula is C15H22NO3S-. The van der Waals surface area contributed by atoms with Crippen molar-refractivity contribution in [2.24, 2.45) is 0 Å². The van der Waals surface area contributed by atoms with Gasteiger partial charge in [0.25, 0.3) is 0 Å². The summed E-state index contributed by atoms with van der Waals surface area (Å²) < 4.78 is 0. The van der Waals surface area contributed by atoms with Crippen LogP contribution < -0.4 is 5.11 Å². The summed E-state index contributed by atoms with van der Waals surface area (Å²) in [6.45, 7) is 5.39. The minimum atomic E-state index is -1.27. The molecule has 1 aromatic carbocycles. The first kappa shape index (κ1) is 16.9. The molecule has 1 N–H and O–H groups in total. The highest BCUT2D eigenvalue weighted by atomic mass is 32.2. The Morgan fingerprint density at radius 2 is 1.90 bits per heavy atom. The predicted molar refractivity (Wildman–Crippen MR) is 80.6 cm³/mol. The van der Waals surface area contributed by atoms with Crippen LogP contribution in [0.4, 0.5) is 4.79 Å². The number of aliphatic hydroxyl groups is 1. The fourth-order valence-electron chi connectivity index (χ4n) is 2.26. The fraction of sp³-hybridized carbons (Fsp3) is 0.533. The van der Waals surface area contributed by atoms with Gasteiger partial charge in [-0.3, -0.25) is 0 Å². The molecule has 112 valence electrons. The minimum absolute atomic E-state index is 0.458. The molecule has 0 aliphatic carbocycles. The Labute approximate surface area is 124 Å². The minimum Gasteiger partial charge on any atom is -0.530 e. The maximum atomic E-state index is 11.6. The van der Waals surface area contributed by atoms with E-state index in [1.807, 2.05) is 36.6 Å². The van der Waals surface area contributed by atoms with Gasteiger partial charge in [0.1, 0.15) is 6.09 Å². The first-order valence-corrected chi connectivity index (χ1v) is 7.90. The summed E-state index contributed by atoms with van der Waals surface area (Å²) in [5.41, 5.74) is 0.117. The highest BCUT2D eigenvalue weighted by Gasteiger charge is 2.34. The molecule has 0 fully saturated rings. The van der Waals surface area contributed by atoms with Crippen molar-refractivity contribution < 1.29 is 15.0 Å². The predicted octanol–water partition coefficient (Wildman–Crippen LogP) is 1.90. The standard InChI is InChI=1S/C15H23NO3S/c1-15(2,3)16(14(18)19)13(12(17)10-20-4)11-8-6-5-7-9-11/h5-9,12-13,17H,10H2,1-4H3,(H,18,19)/p-1/t12-,13+/m1/s1. The third kappa shape index (κ3) is 4.15. The van der Waals surface area contributed by atoms with E-state index >= 15 is 0 Å². The lowest BCUT2D eigenvalue weighted by Gasteiger charge is -2.45. The van der Waals surface area contributed by atoms with Crippen molar-refractivity contribution in [1.82, 2.24) is 4.90 Å². The summed E-state index contributed by atoms with van der Waals surface area (Å²) in [6.07, 6.45) is -0.179. The zero-order valence-electron chi connectivity index (χ0n) is 12.4. The number of hydrogen-bond donors (Lipinski definition) is 1. The number of amides is 1. The number of carbonyl (C=O) groups excluding carboxylic acids is 1. The second-order valence-electron chi connectivity index (χ2n) is 5.68. The summed E-state index contributed by atoms with van der Waals surface area (Å²) in [7, 11) is 0. The third-order valence-electron chi connectivity index (χ3n) is 3.04. The van der Waals surface area contributed by atoms with E-state index < -0.39 is 23.8 Å². The molecule has 0 saturated heterocycles. The van der Waals surface area contributed by atoms with Crippen molar-refractivity contribution in [3.8, 4) is 0 Å². The van der Waals surface area contributed by atoms with Gasteiger partial charge in [-0.1, -0.05) is 30.3 Å². The lowest BCUT2D eigenvalue weighted by atomic mass is 9.95. The average molecular weight is 296 g/mol. The number of carbonyl (C=O) groups is 1. The molecule has 0 radical (unpaired) electrons. The highest BCUT2D eigenvalue weighted by molar-refractivity contribution is 7.98. The van der Waals surface area contributed by atoms with Crippen molar-refractivity contribution in [3.63, 3.8) is 0 Å². The Bertz CT molecular complexity index is 430. The van der Waals surface area contributed by atoms with Gasteiger partial charge in [-0.25, -0.2) is 0 Å². The van der Waals surface area contributed by atoms with E-state index in [1.165, 1.54) is 16.7 Å². The molecule has 1 amide bonds. The van der Waals surface area contributed by atoms with E-state index in [9.17, 15) is 15.0 Å². The topological polar surface area (TPSA) is 63.6 Å². The van der Waals surface area contributed by atoms with E-state index in [1.54, 1.807) is 20.8 Å². The largest absolute Gasteiger partial charge is 0.530 e. The molecule has 0 heterocycles. The van der Waals surface area contributed by atoms with Crippen LogP contribution in [0.3, 0.4) is 0 Å². The van der Waals surface area contributed by atoms with Gasteiger partial charge in [0.15, 0.2) is 0 Å². The molecule has 0 bridgehead atoms. The van der Waals surface area contributed by atoms with Gasteiger partial charge < -0.3 is 19.9 Å². The molecule has 5 heteroatoms. The van der Waals surface area contributed by atoms with Crippen molar-refractivity contribution in [2.75, 3.05) is 12.0 Å². The first-order valence-electron chi connectivity index (χ1n) is 6.51. The zero-order valence-corrected chi connectivity index (χ0v) is 13.2. The van der Waals surface area contributed by atoms with E-state index in [0.29, 0.717) is 5.75 Å². The molecule has 2 atom stereocenters. The maximum absolute atomic E-state index is 11.6. The number of nitrogens with zero attached hydrogens (tertiary/aromatic N) is 1. The Morgan fingerprint density at radius 1 is 1.35 bits per heavy atom. The first-order chi connectivity index (χ1) is 9.29. The molecule has 0 spiro atoms. The van der Waals surface area contributed by atoms with E-state index in [4.69, 9.17) is 0 Å². The number of thioether (sulfide) groups is 1. The van der Waals surface area contributed by atoms with Crippen molar-refractivity contribution in [2.45, 2.75) is 38.5 Å². The van der Waals surface area contributed by atoms with Gasteiger partial charge >= 0.3 is 0 Å². The molecule has 1 aromatic rings. The van der Waals surface area contributed by atoms with Crippen molar-refractivity contribution in [3.05, 3.63) is 35.9 Å². The van der Waals surface area contributed by atoms with Gasteiger partial charge in [0.05, 0.1) is 12.1 Å². The fourth-order valence-corrected chi connectivity index (χ4v) is 2.78. The van der Waals surface area contributed by atoms with Gasteiger partial charge in [-0.15, -0.1) is 0 Å². The van der Waals surface area contributed by atoms with Crippen molar-refractivity contribution >= 4 is 17.9 Å². The second kappa shape index (κ2) is 6.99. The summed E-state index contributed by atoms with van der Waals surface area (Å²) in [6, 6.07) is 8.57. The lowest BCUT2D eigenvalue weighted by molar-refractivity contribution is -0.275. The Hall–Kier alpha value is -1.20. The van der Waals surface area contributed by atoms with Crippen LogP contribution in [-0.2, 0) is 0 Å². The summed E-state index contributed by atoms with van der Waals surface area (Å²) in [4.78, 5) is 12.8. The van der Waals surface area contributed by atoms with Gasteiger partial charge in [-0.05, 0) is 32.6 Å². The molecular weight excluding hydrogens is 274 g/mol. The smallest absolute Gasteiger partial charge is 0.137 e. The van der Waals surface area contributed by atoms with Crippen LogP contribution in [0.2, 0.25) is 0 Å².